The molecule has 0 aliphatic carbocycles. The van der Waals surface area contributed by atoms with Gasteiger partial charge in [0.05, 0.1) is 13.0 Å². The molecule has 0 unspecified atom stereocenters. The molecule has 0 aliphatic heterocycles. The van der Waals surface area contributed by atoms with Gasteiger partial charge in [-0.2, -0.15) is 0 Å². The Kier molecular flexibility index (Phi) is 6.89. The van der Waals surface area contributed by atoms with Gasteiger partial charge in [-0.25, -0.2) is 4.79 Å². The van der Waals surface area contributed by atoms with Gasteiger partial charge in [0.2, 0.25) is 5.91 Å². The molecule has 158 valence electrons. The standard InChI is InChI=1S/C22H26N4O3S/c1-15(2)10-11-25(18(27)13-17-9-6-12-30-17)19-20(23)26(22(29)24-21(19)28)14-16-7-4-3-5-8-16/h3-9,12,15H,10-11,13-14,23H2,1-2H3,(H,24,28,29). The number of hydrogen-bond donors (Lipinski definition) is 2. The molecule has 0 saturated heterocycles. The third kappa shape index (κ3) is 5.07. The zero-order chi connectivity index (χ0) is 21.7. The minimum absolute atomic E-state index is 0.00381. The van der Waals surface area contributed by atoms with Crippen LogP contribution in [0.25, 0.3) is 0 Å². The van der Waals surface area contributed by atoms with Crippen molar-refractivity contribution in [1.29, 1.82) is 0 Å². The van der Waals surface area contributed by atoms with Crippen molar-refractivity contribution in [3.8, 4) is 0 Å². The number of carbonyl (C=O) groups excluding carboxylic acids is 1. The van der Waals surface area contributed by atoms with Crippen molar-refractivity contribution in [3.63, 3.8) is 0 Å². The number of amides is 1. The van der Waals surface area contributed by atoms with Crippen molar-refractivity contribution in [1.82, 2.24) is 9.55 Å². The summed E-state index contributed by atoms with van der Waals surface area (Å²) < 4.78 is 1.30. The first-order valence-corrected chi connectivity index (χ1v) is 10.7. The van der Waals surface area contributed by atoms with E-state index in [4.69, 9.17) is 5.73 Å². The lowest BCUT2D eigenvalue weighted by Crippen LogP contribution is -2.42. The first kappa shape index (κ1) is 21.6. The molecule has 3 N–H and O–H groups in total. The molecule has 2 aromatic heterocycles. The van der Waals surface area contributed by atoms with Crippen molar-refractivity contribution in [2.45, 2.75) is 33.2 Å². The van der Waals surface area contributed by atoms with Gasteiger partial charge in [-0.1, -0.05) is 50.2 Å². The first-order valence-electron chi connectivity index (χ1n) is 9.86. The summed E-state index contributed by atoms with van der Waals surface area (Å²) in [5.41, 5.74) is 5.96. The highest BCUT2D eigenvalue weighted by Crippen LogP contribution is 2.21. The van der Waals surface area contributed by atoms with Crippen LogP contribution in [0.15, 0.2) is 57.4 Å². The zero-order valence-electron chi connectivity index (χ0n) is 17.1. The molecule has 0 spiro atoms. The Labute approximate surface area is 178 Å². The van der Waals surface area contributed by atoms with Crippen molar-refractivity contribution >= 4 is 28.7 Å². The van der Waals surface area contributed by atoms with Crippen molar-refractivity contribution in [3.05, 3.63) is 79.1 Å². The largest absolute Gasteiger partial charge is 0.383 e. The second-order valence-corrected chi connectivity index (χ2v) is 8.58. The molecule has 3 aromatic rings. The van der Waals surface area contributed by atoms with Crippen LogP contribution in [0.1, 0.15) is 30.7 Å². The highest BCUT2D eigenvalue weighted by molar-refractivity contribution is 7.10. The average molecular weight is 427 g/mol. The summed E-state index contributed by atoms with van der Waals surface area (Å²) in [7, 11) is 0. The van der Waals surface area contributed by atoms with Gasteiger partial charge >= 0.3 is 5.69 Å². The summed E-state index contributed by atoms with van der Waals surface area (Å²) in [5.74, 6) is 0.105. The molecule has 7 nitrogen and oxygen atoms in total. The number of carbonyl (C=O) groups is 1. The number of nitrogens with zero attached hydrogens (tertiary/aromatic N) is 2. The summed E-state index contributed by atoms with van der Waals surface area (Å²) in [4.78, 5) is 43.0. The van der Waals surface area contributed by atoms with Crippen LogP contribution in [-0.4, -0.2) is 22.0 Å². The minimum Gasteiger partial charge on any atom is -0.383 e. The quantitative estimate of drug-likeness (QED) is 0.578. The van der Waals surface area contributed by atoms with Crippen LogP contribution in [0.4, 0.5) is 11.5 Å². The molecular formula is C22H26N4O3S. The second kappa shape index (κ2) is 9.58. The van der Waals surface area contributed by atoms with E-state index in [1.165, 1.54) is 20.8 Å². The zero-order valence-corrected chi connectivity index (χ0v) is 17.9. The van der Waals surface area contributed by atoms with Crippen LogP contribution in [0, 0.1) is 5.92 Å². The van der Waals surface area contributed by atoms with Crippen LogP contribution < -0.4 is 21.9 Å². The molecule has 0 atom stereocenters. The van der Waals surface area contributed by atoms with E-state index in [1.54, 1.807) is 0 Å². The summed E-state index contributed by atoms with van der Waals surface area (Å²) in [6, 6.07) is 13.1. The molecule has 2 heterocycles. The number of benzene rings is 1. The average Bonchev–Trinajstić information content (AvgIpc) is 3.21. The minimum atomic E-state index is -0.648. The van der Waals surface area contributed by atoms with Gasteiger partial charge < -0.3 is 10.6 Å². The lowest BCUT2D eigenvalue weighted by Gasteiger charge is -2.25. The van der Waals surface area contributed by atoms with Crippen molar-refractivity contribution < 1.29 is 4.79 Å². The molecule has 1 aromatic carbocycles. The van der Waals surface area contributed by atoms with Gasteiger partial charge in [0, 0.05) is 11.4 Å². The van der Waals surface area contributed by atoms with Crippen LogP contribution in [0.2, 0.25) is 0 Å². The lowest BCUT2D eigenvalue weighted by atomic mass is 10.1. The van der Waals surface area contributed by atoms with Gasteiger partial charge in [-0.15, -0.1) is 11.3 Å². The summed E-state index contributed by atoms with van der Waals surface area (Å²) >= 11 is 1.48. The molecule has 8 heteroatoms. The Balaban J connectivity index is 2.02. The molecular weight excluding hydrogens is 400 g/mol. The fourth-order valence-corrected chi connectivity index (χ4v) is 3.86. The predicted octanol–water partition coefficient (Wildman–Crippen LogP) is 2.85. The Hall–Kier alpha value is -3.13. The topological polar surface area (TPSA) is 101 Å². The number of nitrogens with one attached hydrogen (secondary N) is 1. The summed E-state index contributed by atoms with van der Waals surface area (Å²) in [5, 5.41) is 1.91. The maximum absolute atomic E-state index is 13.1. The number of aromatic nitrogens is 2. The highest BCUT2D eigenvalue weighted by Gasteiger charge is 2.24. The normalized spacial score (nSPS) is 11.0. The van der Waals surface area contributed by atoms with Crippen LogP contribution in [-0.2, 0) is 17.8 Å². The van der Waals surface area contributed by atoms with Gasteiger partial charge in [0.1, 0.15) is 5.82 Å². The monoisotopic (exact) mass is 426 g/mol. The SMILES string of the molecule is CC(C)CCN(C(=O)Cc1cccs1)c1c(N)n(Cc2ccccc2)c(=O)[nH]c1=O. The number of anilines is 2. The Bertz CT molecular complexity index is 1100. The van der Waals surface area contributed by atoms with E-state index < -0.39 is 11.2 Å². The van der Waals surface area contributed by atoms with Crippen LogP contribution in [0.5, 0.6) is 0 Å². The maximum atomic E-state index is 13.1. The van der Waals surface area contributed by atoms with Gasteiger partial charge in [0.15, 0.2) is 5.69 Å². The van der Waals surface area contributed by atoms with E-state index in [1.807, 2.05) is 61.7 Å². The van der Waals surface area contributed by atoms with Crippen LogP contribution in [0.3, 0.4) is 0 Å². The van der Waals surface area contributed by atoms with Crippen molar-refractivity contribution in [2.75, 3.05) is 17.2 Å². The van der Waals surface area contributed by atoms with E-state index in [-0.39, 0.29) is 30.4 Å². The Morgan fingerprint density at radius 3 is 2.53 bits per heavy atom. The van der Waals surface area contributed by atoms with Gasteiger partial charge in [-0.3, -0.25) is 19.1 Å². The Morgan fingerprint density at radius 1 is 1.17 bits per heavy atom. The molecule has 1 amide bonds. The van der Waals surface area contributed by atoms with Crippen molar-refractivity contribution in [2.24, 2.45) is 5.92 Å². The fourth-order valence-electron chi connectivity index (χ4n) is 3.17. The van der Waals surface area contributed by atoms with Gasteiger partial charge in [0.25, 0.3) is 5.56 Å². The van der Waals surface area contributed by atoms with Gasteiger partial charge in [-0.05, 0) is 29.3 Å². The summed E-state index contributed by atoms with van der Waals surface area (Å²) in [6.45, 7) is 4.64. The number of aromatic amines is 1. The molecule has 30 heavy (non-hydrogen) atoms. The number of rotatable bonds is 8. The molecule has 0 aliphatic rings. The molecule has 0 radical (unpaired) electrons. The van der Waals surface area contributed by atoms with E-state index >= 15 is 0 Å². The van der Waals surface area contributed by atoms with E-state index in [0.29, 0.717) is 18.9 Å². The second-order valence-electron chi connectivity index (χ2n) is 7.55. The predicted molar refractivity (Wildman–Crippen MR) is 121 cm³/mol. The first-order chi connectivity index (χ1) is 14.4. The van der Waals surface area contributed by atoms with E-state index in [9.17, 15) is 14.4 Å². The third-order valence-corrected chi connectivity index (χ3v) is 5.68. The number of thiophene rings is 1. The third-order valence-electron chi connectivity index (χ3n) is 4.80. The number of nitrogen functional groups attached to an aromatic ring is 1. The number of H-pyrrole nitrogens is 1. The molecule has 0 bridgehead atoms. The smallest absolute Gasteiger partial charge is 0.330 e. The van der Waals surface area contributed by atoms with E-state index in [0.717, 1.165) is 10.4 Å². The maximum Gasteiger partial charge on any atom is 0.330 e. The molecule has 3 rings (SSSR count). The van der Waals surface area contributed by atoms with Crippen LogP contribution >= 0.6 is 11.3 Å². The molecule has 0 fully saturated rings. The highest BCUT2D eigenvalue weighted by atomic mass is 32.1. The fraction of sp³-hybridized carbons (Fsp3) is 0.318. The number of nitrogens with two attached hydrogens (primary N) is 1. The Morgan fingerprint density at radius 2 is 1.90 bits per heavy atom. The summed E-state index contributed by atoms with van der Waals surface area (Å²) in [6.07, 6.45) is 0.874. The molecule has 0 saturated carbocycles. The lowest BCUT2D eigenvalue weighted by molar-refractivity contribution is -0.118. The van der Waals surface area contributed by atoms with E-state index in [2.05, 4.69) is 4.98 Å². The number of hydrogen-bond acceptors (Lipinski definition) is 5.